The summed E-state index contributed by atoms with van der Waals surface area (Å²) in [5.41, 5.74) is 6.61. The minimum atomic E-state index is -3.54. The molecule has 2 rings (SSSR count). The second-order valence-corrected chi connectivity index (χ2v) is 5.60. The molecule has 0 bridgehead atoms. The fourth-order valence-electron chi connectivity index (χ4n) is 1.51. The first kappa shape index (κ1) is 13.3. The van der Waals surface area contributed by atoms with Crippen LogP contribution in [0.4, 0.5) is 11.4 Å². The molecule has 8 nitrogen and oxygen atoms in total. The summed E-state index contributed by atoms with van der Waals surface area (Å²) in [4.78, 5) is 4.01. The van der Waals surface area contributed by atoms with Crippen LogP contribution in [0.25, 0.3) is 0 Å². The van der Waals surface area contributed by atoms with E-state index in [0.717, 1.165) is 0 Å². The number of benzene rings is 1. The molecule has 0 fully saturated rings. The van der Waals surface area contributed by atoms with Crippen molar-refractivity contribution in [3.05, 3.63) is 30.4 Å². The number of aromatic nitrogens is 3. The minimum absolute atomic E-state index is 0.0558. The van der Waals surface area contributed by atoms with E-state index >= 15 is 0 Å². The summed E-state index contributed by atoms with van der Waals surface area (Å²) < 4.78 is 25.5. The van der Waals surface area contributed by atoms with Gasteiger partial charge in [-0.25, -0.2) is 18.1 Å². The maximum absolute atomic E-state index is 11.6. The molecule has 1 aromatic carbocycles. The van der Waals surface area contributed by atoms with E-state index in [-0.39, 0.29) is 10.6 Å². The topological polar surface area (TPSA) is 126 Å². The molecule has 0 spiro atoms. The van der Waals surface area contributed by atoms with Crippen molar-refractivity contribution in [3.8, 4) is 0 Å². The van der Waals surface area contributed by atoms with Crippen LogP contribution in [-0.4, -0.2) is 30.6 Å². The van der Waals surface area contributed by atoms with Crippen LogP contribution in [0.1, 0.15) is 5.82 Å². The summed E-state index contributed by atoms with van der Waals surface area (Å²) in [5, 5.41) is 9.48. The standard InChI is InChI=1S/C10H14N6O2S/c1-12-19(17,18)9-3-2-7(4-8(9)11)13-5-10-14-6-15-16-10/h2-4,6,12-13H,5,11H2,1H3,(H,14,15,16). The predicted octanol–water partition coefficient (Wildman–Crippen LogP) is -0.0929. The molecular formula is C10H14N6O2S. The molecule has 102 valence electrons. The van der Waals surface area contributed by atoms with Gasteiger partial charge in [0.05, 0.1) is 12.2 Å². The number of hydrogen-bond acceptors (Lipinski definition) is 6. The van der Waals surface area contributed by atoms with Gasteiger partial charge in [0.1, 0.15) is 17.0 Å². The first-order valence-corrected chi connectivity index (χ1v) is 6.92. The molecule has 0 aliphatic carbocycles. The number of H-pyrrole nitrogens is 1. The van der Waals surface area contributed by atoms with E-state index in [1.54, 1.807) is 12.1 Å². The molecule has 0 amide bonds. The molecule has 0 atom stereocenters. The molecule has 0 radical (unpaired) electrons. The van der Waals surface area contributed by atoms with Crippen LogP contribution in [0.5, 0.6) is 0 Å². The lowest BCUT2D eigenvalue weighted by atomic mass is 10.3. The van der Waals surface area contributed by atoms with Crippen LogP contribution in [-0.2, 0) is 16.6 Å². The molecule has 0 aliphatic heterocycles. The molecule has 9 heteroatoms. The van der Waals surface area contributed by atoms with E-state index in [4.69, 9.17) is 5.73 Å². The van der Waals surface area contributed by atoms with Crippen molar-refractivity contribution in [2.75, 3.05) is 18.1 Å². The number of rotatable bonds is 5. The van der Waals surface area contributed by atoms with Crippen LogP contribution < -0.4 is 15.8 Å². The Bertz CT molecular complexity index is 653. The van der Waals surface area contributed by atoms with Gasteiger partial charge < -0.3 is 11.1 Å². The van der Waals surface area contributed by atoms with Crippen LogP contribution >= 0.6 is 0 Å². The van der Waals surface area contributed by atoms with Crippen molar-refractivity contribution >= 4 is 21.4 Å². The monoisotopic (exact) mass is 282 g/mol. The van der Waals surface area contributed by atoms with Crippen LogP contribution in [0.2, 0.25) is 0 Å². The highest BCUT2D eigenvalue weighted by Crippen LogP contribution is 2.22. The highest BCUT2D eigenvalue weighted by molar-refractivity contribution is 7.89. The Hall–Kier alpha value is -2.13. The number of nitrogens with one attached hydrogen (secondary N) is 3. The Morgan fingerprint density at radius 1 is 1.42 bits per heavy atom. The Kier molecular flexibility index (Phi) is 3.67. The molecule has 1 aromatic heterocycles. The van der Waals surface area contributed by atoms with Crippen molar-refractivity contribution in [2.24, 2.45) is 0 Å². The highest BCUT2D eigenvalue weighted by atomic mass is 32.2. The fourth-order valence-corrected chi connectivity index (χ4v) is 2.35. The van der Waals surface area contributed by atoms with Gasteiger partial charge in [-0.1, -0.05) is 0 Å². The number of aromatic amines is 1. The third-order valence-corrected chi connectivity index (χ3v) is 3.98. The average molecular weight is 282 g/mol. The molecule has 0 saturated carbocycles. The highest BCUT2D eigenvalue weighted by Gasteiger charge is 2.15. The van der Waals surface area contributed by atoms with Gasteiger partial charge in [0.25, 0.3) is 0 Å². The summed E-state index contributed by atoms with van der Waals surface area (Å²) in [6.07, 6.45) is 1.41. The van der Waals surface area contributed by atoms with Gasteiger partial charge in [-0.05, 0) is 25.2 Å². The lowest BCUT2D eigenvalue weighted by molar-refractivity contribution is 0.588. The van der Waals surface area contributed by atoms with Crippen molar-refractivity contribution in [1.29, 1.82) is 0 Å². The lowest BCUT2D eigenvalue weighted by Gasteiger charge is -2.09. The third kappa shape index (κ3) is 3.01. The second-order valence-electron chi connectivity index (χ2n) is 3.75. The third-order valence-electron chi connectivity index (χ3n) is 2.49. The van der Waals surface area contributed by atoms with Crippen LogP contribution in [0.15, 0.2) is 29.4 Å². The quantitative estimate of drug-likeness (QED) is 0.568. The van der Waals surface area contributed by atoms with Crippen molar-refractivity contribution in [3.63, 3.8) is 0 Å². The van der Waals surface area contributed by atoms with Crippen molar-refractivity contribution in [1.82, 2.24) is 19.9 Å². The largest absolute Gasteiger partial charge is 0.398 e. The Labute approximate surface area is 110 Å². The number of sulfonamides is 1. The molecule has 0 saturated heterocycles. The summed E-state index contributed by atoms with van der Waals surface area (Å²) >= 11 is 0. The second kappa shape index (κ2) is 5.24. The minimum Gasteiger partial charge on any atom is -0.398 e. The van der Waals surface area contributed by atoms with Gasteiger partial charge in [-0.3, -0.25) is 5.10 Å². The SMILES string of the molecule is CNS(=O)(=O)c1ccc(NCc2ncn[nH]2)cc1N. The zero-order valence-electron chi connectivity index (χ0n) is 10.2. The van der Waals surface area contributed by atoms with Gasteiger partial charge in [-0.2, -0.15) is 5.10 Å². The smallest absolute Gasteiger partial charge is 0.242 e. The average Bonchev–Trinajstić information content (AvgIpc) is 2.89. The Morgan fingerprint density at radius 2 is 2.21 bits per heavy atom. The van der Waals surface area contributed by atoms with Gasteiger partial charge in [0.15, 0.2) is 0 Å². The van der Waals surface area contributed by atoms with E-state index in [9.17, 15) is 8.42 Å². The summed E-state index contributed by atoms with van der Waals surface area (Å²) in [6, 6.07) is 4.64. The maximum Gasteiger partial charge on any atom is 0.242 e. The van der Waals surface area contributed by atoms with E-state index in [1.807, 2.05) is 0 Å². The number of hydrogen-bond donors (Lipinski definition) is 4. The zero-order valence-corrected chi connectivity index (χ0v) is 11.0. The maximum atomic E-state index is 11.6. The van der Waals surface area contributed by atoms with Gasteiger partial charge in [-0.15, -0.1) is 0 Å². The molecule has 0 unspecified atom stereocenters. The molecule has 0 aliphatic rings. The van der Waals surface area contributed by atoms with E-state index in [0.29, 0.717) is 18.1 Å². The van der Waals surface area contributed by atoms with Crippen LogP contribution in [0.3, 0.4) is 0 Å². The van der Waals surface area contributed by atoms with Crippen LogP contribution in [0, 0.1) is 0 Å². The van der Waals surface area contributed by atoms with Crippen molar-refractivity contribution < 1.29 is 8.42 Å². The zero-order chi connectivity index (χ0) is 13.9. The Balaban J connectivity index is 2.15. The van der Waals surface area contributed by atoms with Gasteiger partial charge in [0, 0.05) is 5.69 Å². The van der Waals surface area contributed by atoms with E-state index < -0.39 is 10.0 Å². The van der Waals surface area contributed by atoms with Crippen molar-refractivity contribution in [2.45, 2.75) is 11.4 Å². The molecular weight excluding hydrogens is 268 g/mol. The molecule has 1 heterocycles. The van der Waals surface area contributed by atoms with Gasteiger partial charge in [0.2, 0.25) is 10.0 Å². The summed E-state index contributed by atoms with van der Waals surface area (Å²) in [7, 11) is -2.20. The summed E-state index contributed by atoms with van der Waals surface area (Å²) in [5.74, 6) is 0.672. The number of nitrogens with zero attached hydrogens (tertiary/aromatic N) is 2. The molecule has 2 aromatic rings. The fraction of sp³-hybridized carbons (Fsp3) is 0.200. The predicted molar refractivity (Wildman–Crippen MR) is 70.8 cm³/mol. The van der Waals surface area contributed by atoms with E-state index in [1.165, 1.54) is 19.4 Å². The number of nitrogen functional groups attached to an aromatic ring is 1. The first-order chi connectivity index (χ1) is 9.03. The number of nitrogens with two attached hydrogens (primary N) is 1. The normalized spacial score (nSPS) is 11.4. The summed E-state index contributed by atoms with van der Waals surface area (Å²) in [6.45, 7) is 0.442. The first-order valence-electron chi connectivity index (χ1n) is 5.44. The molecule has 5 N–H and O–H groups in total. The number of anilines is 2. The van der Waals surface area contributed by atoms with E-state index in [2.05, 4.69) is 25.2 Å². The lowest BCUT2D eigenvalue weighted by Crippen LogP contribution is -2.20. The van der Waals surface area contributed by atoms with Gasteiger partial charge >= 0.3 is 0 Å². The molecule has 19 heavy (non-hydrogen) atoms. The Morgan fingerprint density at radius 3 is 2.79 bits per heavy atom.